The van der Waals surface area contributed by atoms with Crippen LogP contribution < -0.4 is 10.6 Å². The van der Waals surface area contributed by atoms with Crippen LogP contribution in [0.25, 0.3) is 0 Å². The molecule has 3 rings (SSSR count). The van der Waals surface area contributed by atoms with Gasteiger partial charge >= 0.3 is 0 Å². The number of amides is 2. The first-order valence-corrected chi connectivity index (χ1v) is 11.8. The van der Waals surface area contributed by atoms with Crippen molar-refractivity contribution in [1.82, 2.24) is 25.4 Å². The molecule has 3 aromatic rings. The third-order valence-electron chi connectivity index (χ3n) is 4.81. The average molecular weight is 472 g/mol. The Morgan fingerprint density at radius 2 is 1.81 bits per heavy atom. The predicted octanol–water partition coefficient (Wildman–Crippen LogP) is 3.89. The van der Waals surface area contributed by atoms with Gasteiger partial charge in [0.15, 0.2) is 11.0 Å². The van der Waals surface area contributed by atoms with E-state index in [1.54, 1.807) is 24.3 Å². The fourth-order valence-corrected chi connectivity index (χ4v) is 4.11. The lowest BCUT2D eigenvalue weighted by Gasteiger charge is -2.15. The van der Waals surface area contributed by atoms with Crippen LogP contribution in [0.5, 0.6) is 0 Å². The van der Waals surface area contributed by atoms with Gasteiger partial charge in [-0.15, -0.1) is 10.2 Å². The number of aromatic nitrogens is 3. The van der Waals surface area contributed by atoms with Gasteiger partial charge in [-0.1, -0.05) is 53.7 Å². The minimum Gasteiger partial charge on any atom is -0.355 e. The van der Waals surface area contributed by atoms with Crippen LogP contribution in [0, 0.1) is 0 Å². The first-order valence-electron chi connectivity index (χ1n) is 10.4. The van der Waals surface area contributed by atoms with Crippen molar-refractivity contribution in [3.63, 3.8) is 0 Å². The van der Waals surface area contributed by atoms with Crippen LogP contribution in [-0.2, 0) is 17.8 Å². The first kappa shape index (κ1) is 23.8. The Hall–Kier alpha value is -2.84. The Balaban J connectivity index is 1.52. The summed E-state index contributed by atoms with van der Waals surface area (Å²) in [4.78, 5) is 24.7. The van der Waals surface area contributed by atoms with Crippen molar-refractivity contribution in [3.05, 3.63) is 76.6 Å². The highest BCUT2D eigenvalue weighted by atomic mass is 35.5. The smallest absolute Gasteiger partial charge is 0.251 e. The largest absolute Gasteiger partial charge is 0.355 e. The van der Waals surface area contributed by atoms with Gasteiger partial charge in [0.1, 0.15) is 0 Å². The van der Waals surface area contributed by atoms with Gasteiger partial charge in [0, 0.05) is 23.7 Å². The molecular weight excluding hydrogens is 446 g/mol. The van der Waals surface area contributed by atoms with E-state index in [2.05, 4.69) is 20.8 Å². The molecule has 0 bridgehead atoms. The Kier molecular flexibility index (Phi) is 8.70. The zero-order valence-corrected chi connectivity index (χ0v) is 19.6. The second-order valence-corrected chi connectivity index (χ2v) is 8.54. The number of hydrogen-bond donors (Lipinski definition) is 2. The lowest BCUT2D eigenvalue weighted by molar-refractivity contribution is -0.118. The normalized spacial score (nSPS) is 11.7. The summed E-state index contributed by atoms with van der Waals surface area (Å²) in [5, 5.41) is 15.6. The molecule has 168 valence electrons. The number of thioether (sulfide) groups is 1. The topological polar surface area (TPSA) is 88.9 Å². The summed E-state index contributed by atoms with van der Waals surface area (Å²) < 4.78 is 1.91. The summed E-state index contributed by atoms with van der Waals surface area (Å²) >= 11 is 7.22. The van der Waals surface area contributed by atoms with Gasteiger partial charge in [0.25, 0.3) is 5.91 Å². The van der Waals surface area contributed by atoms with Crippen LogP contribution in [-0.4, -0.2) is 38.9 Å². The standard InChI is InChI=1S/C23H26ClN5O2S/c1-3-29-21(16(2)26-22(31)18-9-11-19(24)12-10-18)27-28-23(29)32-15-20(30)25-14-13-17-7-5-4-6-8-17/h4-12,16H,3,13-15H2,1-2H3,(H,25,30)(H,26,31)/t16-/m0/s1. The molecule has 9 heteroatoms. The number of carbonyl (C=O) groups excluding carboxylic acids is 2. The van der Waals surface area contributed by atoms with Crippen LogP contribution in [0.15, 0.2) is 59.8 Å². The average Bonchev–Trinajstić information content (AvgIpc) is 3.22. The number of nitrogens with zero attached hydrogens (tertiary/aromatic N) is 3. The zero-order valence-electron chi connectivity index (χ0n) is 18.0. The second kappa shape index (κ2) is 11.7. The Morgan fingerprint density at radius 3 is 2.50 bits per heavy atom. The summed E-state index contributed by atoms with van der Waals surface area (Å²) in [6.45, 7) is 5.05. The van der Waals surface area contributed by atoms with Crippen molar-refractivity contribution >= 4 is 35.2 Å². The first-order chi connectivity index (χ1) is 15.5. The van der Waals surface area contributed by atoms with Crippen LogP contribution >= 0.6 is 23.4 Å². The summed E-state index contributed by atoms with van der Waals surface area (Å²) in [6, 6.07) is 16.4. The minimum absolute atomic E-state index is 0.0535. The molecule has 2 N–H and O–H groups in total. The maximum Gasteiger partial charge on any atom is 0.251 e. The summed E-state index contributed by atoms with van der Waals surface area (Å²) in [5.41, 5.74) is 1.70. The highest BCUT2D eigenvalue weighted by Gasteiger charge is 2.20. The van der Waals surface area contributed by atoms with Gasteiger partial charge < -0.3 is 15.2 Å². The maximum atomic E-state index is 12.5. The van der Waals surface area contributed by atoms with Crippen LogP contribution in [0.3, 0.4) is 0 Å². The van der Waals surface area contributed by atoms with E-state index >= 15 is 0 Å². The lowest BCUT2D eigenvalue weighted by Crippen LogP contribution is -2.29. The molecule has 2 amide bonds. The summed E-state index contributed by atoms with van der Waals surface area (Å²) in [5.74, 6) is 0.620. The maximum absolute atomic E-state index is 12.5. The van der Waals surface area contributed by atoms with E-state index in [0.717, 1.165) is 6.42 Å². The molecule has 7 nitrogen and oxygen atoms in total. The molecule has 0 saturated heterocycles. The summed E-state index contributed by atoms with van der Waals surface area (Å²) in [7, 11) is 0. The molecular formula is C23H26ClN5O2S. The van der Waals surface area contributed by atoms with Crippen molar-refractivity contribution in [2.45, 2.75) is 38.0 Å². The fourth-order valence-electron chi connectivity index (χ4n) is 3.14. The number of carbonyl (C=O) groups is 2. The molecule has 0 spiro atoms. The highest BCUT2D eigenvalue weighted by Crippen LogP contribution is 2.21. The van der Waals surface area contributed by atoms with Crippen molar-refractivity contribution in [2.24, 2.45) is 0 Å². The second-order valence-electron chi connectivity index (χ2n) is 7.16. The highest BCUT2D eigenvalue weighted by molar-refractivity contribution is 7.99. The van der Waals surface area contributed by atoms with E-state index in [1.165, 1.54) is 17.3 Å². The SMILES string of the molecule is CCn1c(SCC(=O)NCCc2ccccc2)nnc1[C@H](C)NC(=O)c1ccc(Cl)cc1. The van der Waals surface area contributed by atoms with E-state index in [9.17, 15) is 9.59 Å². The molecule has 0 unspecified atom stereocenters. The molecule has 0 aliphatic heterocycles. The van der Waals surface area contributed by atoms with Crippen molar-refractivity contribution in [1.29, 1.82) is 0 Å². The van der Waals surface area contributed by atoms with Gasteiger partial charge in [-0.3, -0.25) is 9.59 Å². The fraction of sp³-hybridized carbons (Fsp3) is 0.304. The molecule has 0 aliphatic carbocycles. The van der Waals surface area contributed by atoms with Crippen molar-refractivity contribution in [2.75, 3.05) is 12.3 Å². The number of hydrogen-bond acceptors (Lipinski definition) is 5. The van der Waals surface area contributed by atoms with Crippen LogP contribution in [0.2, 0.25) is 5.02 Å². The lowest BCUT2D eigenvalue weighted by atomic mass is 10.1. The third kappa shape index (κ3) is 6.58. The molecule has 1 atom stereocenters. The van der Waals surface area contributed by atoms with Gasteiger partial charge in [0.05, 0.1) is 11.8 Å². The molecule has 1 aromatic heterocycles. The number of rotatable bonds is 10. The van der Waals surface area contributed by atoms with Crippen LogP contribution in [0.4, 0.5) is 0 Å². The van der Waals surface area contributed by atoms with E-state index < -0.39 is 0 Å². The molecule has 0 radical (unpaired) electrons. The molecule has 1 heterocycles. The third-order valence-corrected chi connectivity index (χ3v) is 6.03. The Bertz CT molecular complexity index is 1040. The molecule has 2 aromatic carbocycles. The van der Waals surface area contributed by atoms with Gasteiger partial charge in [-0.05, 0) is 50.1 Å². The number of halogens is 1. The molecule has 0 aliphatic rings. The Labute approximate surface area is 197 Å². The zero-order chi connectivity index (χ0) is 22.9. The van der Waals surface area contributed by atoms with Crippen molar-refractivity contribution in [3.8, 4) is 0 Å². The predicted molar refractivity (Wildman–Crippen MR) is 127 cm³/mol. The number of nitrogens with one attached hydrogen (secondary N) is 2. The van der Waals surface area contributed by atoms with E-state index in [4.69, 9.17) is 11.6 Å². The summed E-state index contributed by atoms with van der Waals surface area (Å²) in [6.07, 6.45) is 0.789. The minimum atomic E-state index is -0.348. The number of benzene rings is 2. The van der Waals surface area contributed by atoms with E-state index in [-0.39, 0.29) is 23.6 Å². The monoisotopic (exact) mass is 471 g/mol. The van der Waals surface area contributed by atoms with E-state index in [1.807, 2.05) is 48.7 Å². The van der Waals surface area contributed by atoms with Gasteiger partial charge in [0.2, 0.25) is 5.91 Å². The van der Waals surface area contributed by atoms with Gasteiger partial charge in [-0.2, -0.15) is 0 Å². The van der Waals surface area contributed by atoms with Crippen molar-refractivity contribution < 1.29 is 9.59 Å². The molecule has 0 fully saturated rings. The quantitative estimate of drug-likeness (QED) is 0.438. The molecule has 0 saturated carbocycles. The van der Waals surface area contributed by atoms with E-state index in [0.29, 0.717) is 34.7 Å². The van der Waals surface area contributed by atoms with Crippen LogP contribution in [0.1, 0.15) is 41.6 Å². The molecule has 32 heavy (non-hydrogen) atoms. The van der Waals surface area contributed by atoms with Gasteiger partial charge in [-0.25, -0.2) is 0 Å². The Morgan fingerprint density at radius 1 is 1.09 bits per heavy atom.